The molecule has 1 fully saturated rings. The highest BCUT2D eigenvalue weighted by Gasteiger charge is 2.16. The van der Waals surface area contributed by atoms with E-state index in [9.17, 15) is 14.7 Å². The van der Waals surface area contributed by atoms with Crippen molar-refractivity contribution in [1.29, 1.82) is 0 Å². The fourth-order valence-corrected chi connectivity index (χ4v) is 3.26. The minimum atomic E-state index is -0.962. The summed E-state index contributed by atoms with van der Waals surface area (Å²) in [4.78, 5) is 29.7. The van der Waals surface area contributed by atoms with Crippen LogP contribution in [0.25, 0.3) is 11.0 Å². The smallest absolute Gasteiger partial charge is 0.335 e. The normalized spacial score (nSPS) is 15.1. The summed E-state index contributed by atoms with van der Waals surface area (Å²) < 4.78 is 7.53. The zero-order valence-electron chi connectivity index (χ0n) is 15.6. The summed E-state index contributed by atoms with van der Waals surface area (Å²) in [5.41, 5.74) is 1.82. The van der Waals surface area contributed by atoms with Crippen molar-refractivity contribution in [2.75, 3.05) is 39.4 Å². The topological polar surface area (TPSA) is 96.7 Å². The van der Waals surface area contributed by atoms with Crippen LogP contribution in [0.5, 0.6) is 0 Å². The molecular weight excluding hydrogens is 348 g/mol. The van der Waals surface area contributed by atoms with E-state index in [1.807, 2.05) is 13.0 Å². The van der Waals surface area contributed by atoms with E-state index in [2.05, 4.69) is 19.8 Å². The minimum absolute atomic E-state index is 0.0131. The second-order valence-corrected chi connectivity index (χ2v) is 6.60. The van der Waals surface area contributed by atoms with E-state index in [-0.39, 0.29) is 11.5 Å². The van der Waals surface area contributed by atoms with Crippen molar-refractivity contribution in [3.05, 3.63) is 29.6 Å². The summed E-state index contributed by atoms with van der Waals surface area (Å²) in [6.45, 7) is 7.31. The average Bonchev–Trinajstić information content (AvgIpc) is 3.03. The number of ether oxygens (including phenoxy) is 1. The maximum Gasteiger partial charge on any atom is 0.335 e. The van der Waals surface area contributed by atoms with Gasteiger partial charge in [-0.15, -0.1) is 0 Å². The number of nitrogens with one attached hydrogen (secondary N) is 1. The third-order valence-corrected chi connectivity index (χ3v) is 4.81. The molecule has 1 aliphatic rings. The summed E-state index contributed by atoms with van der Waals surface area (Å²) >= 11 is 0. The van der Waals surface area contributed by atoms with Crippen molar-refractivity contribution in [2.24, 2.45) is 0 Å². The van der Waals surface area contributed by atoms with Crippen LogP contribution in [0.4, 0.5) is 0 Å². The van der Waals surface area contributed by atoms with E-state index < -0.39 is 5.97 Å². The molecule has 0 saturated carbocycles. The van der Waals surface area contributed by atoms with E-state index in [0.717, 1.165) is 50.7 Å². The van der Waals surface area contributed by atoms with Gasteiger partial charge >= 0.3 is 5.97 Å². The van der Waals surface area contributed by atoms with Gasteiger partial charge in [0.2, 0.25) is 5.91 Å². The summed E-state index contributed by atoms with van der Waals surface area (Å²) in [5, 5.41) is 12.1. The molecule has 146 valence electrons. The van der Waals surface area contributed by atoms with Gasteiger partial charge in [-0.25, -0.2) is 9.78 Å². The molecule has 1 aromatic heterocycles. The van der Waals surface area contributed by atoms with E-state index in [1.54, 1.807) is 12.1 Å². The molecular formula is C19H26N4O4. The number of rotatable bonds is 8. The van der Waals surface area contributed by atoms with Gasteiger partial charge in [-0.05, 0) is 18.2 Å². The first-order chi connectivity index (χ1) is 13.1. The van der Waals surface area contributed by atoms with Gasteiger partial charge < -0.3 is 19.7 Å². The Balaban J connectivity index is 1.80. The molecule has 27 heavy (non-hydrogen) atoms. The van der Waals surface area contributed by atoms with Gasteiger partial charge in [0, 0.05) is 45.6 Å². The van der Waals surface area contributed by atoms with Gasteiger partial charge in [-0.1, -0.05) is 6.92 Å². The lowest BCUT2D eigenvalue weighted by Crippen LogP contribution is -2.38. The van der Waals surface area contributed by atoms with Crippen LogP contribution in [-0.4, -0.2) is 70.8 Å². The predicted octanol–water partition coefficient (Wildman–Crippen LogP) is 1.14. The third-order valence-electron chi connectivity index (χ3n) is 4.81. The number of carboxylic acids is 1. The Bertz CT molecular complexity index is 811. The van der Waals surface area contributed by atoms with Crippen molar-refractivity contribution in [3.8, 4) is 0 Å². The Morgan fingerprint density at radius 3 is 2.74 bits per heavy atom. The second kappa shape index (κ2) is 8.96. The highest BCUT2D eigenvalue weighted by molar-refractivity contribution is 5.92. The zero-order valence-corrected chi connectivity index (χ0v) is 15.6. The van der Waals surface area contributed by atoms with Crippen molar-refractivity contribution < 1.29 is 19.4 Å². The lowest BCUT2D eigenvalue weighted by Gasteiger charge is -2.27. The Kier molecular flexibility index (Phi) is 6.41. The fraction of sp³-hybridized carbons (Fsp3) is 0.526. The molecule has 1 saturated heterocycles. The molecule has 0 spiro atoms. The van der Waals surface area contributed by atoms with Crippen molar-refractivity contribution in [2.45, 2.75) is 26.3 Å². The van der Waals surface area contributed by atoms with Crippen LogP contribution >= 0.6 is 0 Å². The molecule has 0 radical (unpaired) electrons. The molecule has 1 amide bonds. The number of carbonyl (C=O) groups excluding carboxylic acids is 1. The van der Waals surface area contributed by atoms with Crippen LogP contribution in [0.2, 0.25) is 0 Å². The molecule has 8 heteroatoms. The van der Waals surface area contributed by atoms with Crippen molar-refractivity contribution in [3.63, 3.8) is 0 Å². The number of carboxylic acid groups (broad SMARTS) is 1. The van der Waals surface area contributed by atoms with Crippen LogP contribution in [0.3, 0.4) is 0 Å². The number of aromatic carboxylic acids is 1. The zero-order chi connectivity index (χ0) is 19.2. The third kappa shape index (κ3) is 4.84. The molecule has 8 nitrogen and oxygen atoms in total. The van der Waals surface area contributed by atoms with Gasteiger partial charge in [-0.3, -0.25) is 9.69 Å². The number of aromatic nitrogens is 2. The van der Waals surface area contributed by atoms with Crippen LogP contribution < -0.4 is 5.32 Å². The standard InChI is InChI=1S/C19H26N4O4/c1-2-18(24)20-6-5-17-21-15-13-14(19(25)26)3-4-16(15)23(17)8-7-22-9-11-27-12-10-22/h3-4,13H,2,5-12H2,1H3,(H,20,24)(H,25,26). The highest BCUT2D eigenvalue weighted by atomic mass is 16.5. The largest absolute Gasteiger partial charge is 0.478 e. The molecule has 2 N–H and O–H groups in total. The summed E-state index contributed by atoms with van der Waals surface area (Å²) in [5.74, 6) is -0.0899. The summed E-state index contributed by atoms with van der Waals surface area (Å²) in [7, 11) is 0. The second-order valence-electron chi connectivity index (χ2n) is 6.60. The number of imidazole rings is 1. The van der Waals surface area contributed by atoms with Crippen LogP contribution in [0, 0.1) is 0 Å². The van der Waals surface area contributed by atoms with Gasteiger partial charge in [0.15, 0.2) is 0 Å². The molecule has 2 heterocycles. The van der Waals surface area contributed by atoms with Gasteiger partial charge in [0.05, 0.1) is 29.8 Å². The summed E-state index contributed by atoms with van der Waals surface area (Å²) in [6, 6.07) is 5.04. The molecule has 0 bridgehead atoms. The molecule has 0 unspecified atom stereocenters. The molecule has 2 aromatic rings. The van der Waals surface area contributed by atoms with E-state index in [4.69, 9.17) is 4.74 Å². The number of amides is 1. The number of benzene rings is 1. The first kappa shape index (κ1) is 19.3. The number of nitrogens with zero attached hydrogens (tertiary/aromatic N) is 3. The Labute approximate surface area is 158 Å². The maximum atomic E-state index is 11.5. The Morgan fingerprint density at radius 2 is 2.04 bits per heavy atom. The van der Waals surface area contributed by atoms with E-state index in [1.165, 1.54) is 0 Å². The SMILES string of the molecule is CCC(=O)NCCc1nc2cc(C(=O)O)ccc2n1CCN1CCOCC1. The minimum Gasteiger partial charge on any atom is -0.478 e. The number of carbonyl (C=O) groups is 2. The fourth-order valence-electron chi connectivity index (χ4n) is 3.26. The van der Waals surface area contributed by atoms with E-state index in [0.29, 0.717) is 24.9 Å². The highest BCUT2D eigenvalue weighted by Crippen LogP contribution is 2.19. The molecule has 1 aliphatic heterocycles. The van der Waals surface area contributed by atoms with Crippen molar-refractivity contribution >= 4 is 22.9 Å². The number of hydrogen-bond acceptors (Lipinski definition) is 5. The number of fused-ring (bicyclic) bond motifs is 1. The summed E-state index contributed by atoms with van der Waals surface area (Å²) in [6.07, 6.45) is 1.06. The van der Waals surface area contributed by atoms with Crippen LogP contribution in [0.1, 0.15) is 29.5 Å². The number of morpholine rings is 1. The van der Waals surface area contributed by atoms with Gasteiger partial charge in [0.25, 0.3) is 0 Å². The van der Waals surface area contributed by atoms with Crippen LogP contribution in [-0.2, 0) is 22.5 Å². The average molecular weight is 374 g/mol. The predicted molar refractivity (Wildman–Crippen MR) is 101 cm³/mol. The molecule has 0 aliphatic carbocycles. The molecule has 0 atom stereocenters. The lowest BCUT2D eigenvalue weighted by atomic mass is 10.2. The quantitative estimate of drug-likeness (QED) is 0.719. The van der Waals surface area contributed by atoms with Gasteiger partial charge in [-0.2, -0.15) is 0 Å². The van der Waals surface area contributed by atoms with E-state index >= 15 is 0 Å². The Hall–Kier alpha value is -2.45. The van der Waals surface area contributed by atoms with Crippen LogP contribution in [0.15, 0.2) is 18.2 Å². The van der Waals surface area contributed by atoms with Crippen molar-refractivity contribution in [1.82, 2.24) is 19.8 Å². The Morgan fingerprint density at radius 1 is 1.26 bits per heavy atom. The number of hydrogen-bond donors (Lipinski definition) is 2. The maximum absolute atomic E-state index is 11.5. The monoisotopic (exact) mass is 374 g/mol. The first-order valence-electron chi connectivity index (χ1n) is 9.37. The van der Waals surface area contributed by atoms with Gasteiger partial charge in [0.1, 0.15) is 5.82 Å². The molecule has 1 aromatic carbocycles. The lowest BCUT2D eigenvalue weighted by molar-refractivity contribution is -0.120. The molecule has 3 rings (SSSR count). The first-order valence-corrected chi connectivity index (χ1v) is 9.37.